The minimum Gasteiger partial charge on any atom is -0.370 e. The van der Waals surface area contributed by atoms with Gasteiger partial charge in [-0.1, -0.05) is 13.0 Å². The summed E-state index contributed by atoms with van der Waals surface area (Å²) >= 11 is 0. The monoisotopic (exact) mass is 230 g/mol. The Bertz CT molecular complexity index is 476. The molecule has 0 atom stereocenters. The molecule has 1 N–H and O–H groups in total. The zero-order chi connectivity index (χ0) is 12.1. The highest BCUT2D eigenvalue weighted by Crippen LogP contribution is 2.13. The molecule has 0 radical (unpaired) electrons. The van der Waals surface area contributed by atoms with E-state index in [1.807, 2.05) is 36.3 Å². The van der Waals surface area contributed by atoms with Crippen LogP contribution in [0.15, 0.2) is 30.7 Å². The maximum absolute atomic E-state index is 4.37. The van der Waals surface area contributed by atoms with Gasteiger partial charge in [-0.15, -0.1) is 0 Å². The molecule has 4 heteroatoms. The number of nitrogens with zero attached hydrogens (tertiary/aromatic N) is 3. The number of hydrogen-bond donors (Lipinski definition) is 1. The molecule has 4 nitrogen and oxygen atoms in total. The highest BCUT2D eigenvalue weighted by molar-refractivity contribution is 5.43. The molecule has 0 amide bonds. The van der Waals surface area contributed by atoms with Gasteiger partial charge in [-0.25, -0.2) is 4.98 Å². The molecule has 2 aromatic heterocycles. The van der Waals surface area contributed by atoms with Crippen molar-refractivity contribution < 1.29 is 0 Å². The molecular formula is C13H18N4. The fraction of sp³-hybridized carbons (Fsp3) is 0.385. The summed E-state index contributed by atoms with van der Waals surface area (Å²) in [6.45, 7) is 5.89. The van der Waals surface area contributed by atoms with Gasteiger partial charge in [0.05, 0.1) is 12.7 Å². The maximum atomic E-state index is 4.37. The average Bonchev–Trinajstić information content (AvgIpc) is 2.74. The topological polar surface area (TPSA) is 42.7 Å². The van der Waals surface area contributed by atoms with Crippen LogP contribution in [0, 0.1) is 6.92 Å². The van der Waals surface area contributed by atoms with E-state index in [2.05, 4.69) is 28.4 Å². The van der Waals surface area contributed by atoms with Crippen molar-refractivity contribution in [3.8, 4) is 0 Å². The third-order valence-corrected chi connectivity index (χ3v) is 2.53. The first-order chi connectivity index (χ1) is 8.29. The lowest BCUT2D eigenvalue weighted by Gasteiger charge is -2.09. The van der Waals surface area contributed by atoms with Gasteiger partial charge in [-0.05, 0) is 25.0 Å². The van der Waals surface area contributed by atoms with E-state index in [0.29, 0.717) is 0 Å². The summed E-state index contributed by atoms with van der Waals surface area (Å²) in [5, 5.41) is 7.63. The van der Waals surface area contributed by atoms with Crippen molar-refractivity contribution in [2.75, 3.05) is 11.9 Å². The van der Waals surface area contributed by atoms with E-state index in [1.54, 1.807) is 0 Å². The minimum absolute atomic E-state index is 0.758. The molecule has 2 rings (SSSR count). The van der Waals surface area contributed by atoms with Crippen LogP contribution in [0.2, 0.25) is 0 Å². The average molecular weight is 230 g/mol. The lowest BCUT2D eigenvalue weighted by molar-refractivity contribution is 0.685. The van der Waals surface area contributed by atoms with Gasteiger partial charge in [0, 0.05) is 24.5 Å². The molecular weight excluding hydrogens is 212 g/mol. The van der Waals surface area contributed by atoms with Gasteiger partial charge in [0.15, 0.2) is 0 Å². The Hall–Kier alpha value is -1.84. The van der Waals surface area contributed by atoms with Crippen LogP contribution >= 0.6 is 0 Å². The Labute approximate surface area is 102 Å². The predicted octanol–water partition coefficient (Wildman–Crippen LogP) is 2.46. The number of aromatic nitrogens is 3. The molecule has 2 aromatic rings. The second-order valence-electron chi connectivity index (χ2n) is 4.15. The Kier molecular flexibility index (Phi) is 3.75. The van der Waals surface area contributed by atoms with E-state index >= 15 is 0 Å². The van der Waals surface area contributed by atoms with Gasteiger partial charge >= 0.3 is 0 Å². The maximum Gasteiger partial charge on any atom is 0.131 e. The summed E-state index contributed by atoms with van der Waals surface area (Å²) in [6.07, 6.45) is 6.82. The number of hydrogen-bond acceptors (Lipinski definition) is 3. The molecule has 0 spiro atoms. The molecule has 0 fully saturated rings. The summed E-state index contributed by atoms with van der Waals surface area (Å²) in [6, 6.07) is 4.05. The third kappa shape index (κ3) is 3.06. The molecule has 0 aliphatic carbocycles. The SMILES string of the molecule is CCCNc1ncccc1Cn1cc(C)cn1. The fourth-order valence-electron chi connectivity index (χ4n) is 1.70. The molecule has 0 saturated carbocycles. The summed E-state index contributed by atoms with van der Waals surface area (Å²) in [7, 11) is 0. The van der Waals surface area contributed by atoms with Crippen LogP contribution in [0.5, 0.6) is 0 Å². The first kappa shape index (κ1) is 11.6. The van der Waals surface area contributed by atoms with Crippen molar-refractivity contribution in [3.63, 3.8) is 0 Å². The van der Waals surface area contributed by atoms with E-state index in [9.17, 15) is 0 Å². The van der Waals surface area contributed by atoms with E-state index in [4.69, 9.17) is 0 Å². The van der Waals surface area contributed by atoms with Gasteiger partial charge in [-0.3, -0.25) is 4.68 Å². The van der Waals surface area contributed by atoms with Gasteiger partial charge in [-0.2, -0.15) is 5.10 Å². The van der Waals surface area contributed by atoms with E-state index < -0.39 is 0 Å². The van der Waals surface area contributed by atoms with Crippen LogP contribution in [0.3, 0.4) is 0 Å². The number of pyridine rings is 1. The fourth-order valence-corrected chi connectivity index (χ4v) is 1.70. The molecule has 0 aromatic carbocycles. The molecule has 0 bridgehead atoms. The molecule has 0 aliphatic rings. The van der Waals surface area contributed by atoms with Crippen LogP contribution in [0.4, 0.5) is 5.82 Å². The standard InChI is InChI=1S/C13H18N4/c1-3-6-14-13-12(5-4-7-15-13)10-17-9-11(2)8-16-17/h4-5,7-9H,3,6,10H2,1-2H3,(H,14,15). The normalized spacial score (nSPS) is 10.5. The molecule has 90 valence electrons. The van der Waals surface area contributed by atoms with Crippen LogP contribution in [0.25, 0.3) is 0 Å². The highest BCUT2D eigenvalue weighted by Gasteiger charge is 2.03. The lowest BCUT2D eigenvalue weighted by Crippen LogP contribution is -2.08. The minimum atomic E-state index is 0.758. The van der Waals surface area contributed by atoms with E-state index in [0.717, 1.165) is 25.3 Å². The largest absolute Gasteiger partial charge is 0.370 e. The lowest BCUT2D eigenvalue weighted by atomic mass is 10.2. The van der Waals surface area contributed by atoms with E-state index in [-0.39, 0.29) is 0 Å². The van der Waals surface area contributed by atoms with Crippen molar-refractivity contribution in [1.29, 1.82) is 0 Å². The first-order valence-electron chi connectivity index (χ1n) is 5.96. The third-order valence-electron chi connectivity index (χ3n) is 2.53. The van der Waals surface area contributed by atoms with E-state index in [1.165, 1.54) is 11.1 Å². The number of aryl methyl sites for hydroxylation is 1. The van der Waals surface area contributed by atoms with Crippen LogP contribution in [0.1, 0.15) is 24.5 Å². The quantitative estimate of drug-likeness (QED) is 0.858. The Morgan fingerprint density at radius 3 is 3.00 bits per heavy atom. The highest BCUT2D eigenvalue weighted by atomic mass is 15.3. The summed E-state index contributed by atoms with van der Waals surface area (Å²) in [4.78, 5) is 4.37. The zero-order valence-electron chi connectivity index (χ0n) is 10.3. The van der Waals surface area contributed by atoms with Crippen molar-refractivity contribution >= 4 is 5.82 Å². The Morgan fingerprint density at radius 2 is 2.29 bits per heavy atom. The molecule has 17 heavy (non-hydrogen) atoms. The zero-order valence-corrected chi connectivity index (χ0v) is 10.3. The van der Waals surface area contributed by atoms with Crippen molar-refractivity contribution in [3.05, 3.63) is 41.9 Å². The Balaban J connectivity index is 2.14. The molecule has 2 heterocycles. The van der Waals surface area contributed by atoms with Gasteiger partial charge < -0.3 is 5.32 Å². The first-order valence-corrected chi connectivity index (χ1v) is 5.96. The van der Waals surface area contributed by atoms with Crippen LogP contribution in [-0.4, -0.2) is 21.3 Å². The Morgan fingerprint density at radius 1 is 1.41 bits per heavy atom. The van der Waals surface area contributed by atoms with Gasteiger partial charge in [0.25, 0.3) is 0 Å². The smallest absolute Gasteiger partial charge is 0.131 e. The number of anilines is 1. The van der Waals surface area contributed by atoms with Crippen molar-refractivity contribution in [2.24, 2.45) is 0 Å². The molecule has 0 aliphatic heterocycles. The van der Waals surface area contributed by atoms with Gasteiger partial charge in [0.2, 0.25) is 0 Å². The predicted molar refractivity (Wildman–Crippen MR) is 69.1 cm³/mol. The second kappa shape index (κ2) is 5.48. The number of nitrogens with one attached hydrogen (secondary N) is 1. The molecule has 0 saturated heterocycles. The van der Waals surface area contributed by atoms with Crippen LogP contribution in [-0.2, 0) is 6.54 Å². The second-order valence-corrected chi connectivity index (χ2v) is 4.15. The molecule has 0 unspecified atom stereocenters. The summed E-state index contributed by atoms with van der Waals surface area (Å²) in [5.41, 5.74) is 2.35. The van der Waals surface area contributed by atoms with Crippen LogP contribution < -0.4 is 5.32 Å². The van der Waals surface area contributed by atoms with Crippen molar-refractivity contribution in [1.82, 2.24) is 14.8 Å². The number of rotatable bonds is 5. The summed E-state index contributed by atoms with van der Waals surface area (Å²) in [5.74, 6) is 0.961. The van der Waals surface area contributed by atoms with Crippen molar-refractivity contribution in [2.45, 2.75) is 26.8 Å². The summed E-state index contributed by atoms with van der Waals surface area (Å²) < 4.78 is 1.93. The van der Waals surface area contributed by atoms with Gasteiger partial charge in [0.1, 0.15) is 5.82 Å².